The van der Waals surface area contributed by atoms with Crippen LogP contribution in [0.4, 0.5) is 0 Å². The van der Waals surface area contributed by atoms with Crippen molar-refractivity contribution in [3.05, 3.63) is 107 Å². The fourth-order valence-electron chi connectivity index (χ4n) is 4.31. The molecule has 0 bridgehead atoms. The summed E-state index contributed by atoms with van der Waals surface area (Å²) < 4.78 is 5.90. The first-order valence-corrected chi connectivity index (χ1v) is 11.3. The molecule has 0 spiro atoms. The highest BCUT2D eigenvalue weighted by Gasteiger charge is 2.27. The molecule has 1 aliphatic rings. The van der Waals surface area contributed by atoms with Gasteiger partial charge in [-0.25, -0.2) is 0 Å². The maximum atomic E-state index is 6.08. The molecule has 0 atom stereocenters. The molecule has 0 saturated carbocycles. The zero-order chi connectivity index (χ0) is 21.8. The van der Waals surface area contributed by atoms with E-state index in [1.54, 1.807) is 0 Å². The fourth-order valence-corrected chi connectivity index (χ4v) is 4.50. The van der Waals surface area contributed by atoms with Gasteiger partial charge in [0.15, 0.2) is 0 Å². The summed E-state index contributed by atoms with van der Waals surface area (Å²) in [5.41, 5.74) is 3.50. The van der Waals surface area contributed by atoms with Gasteiger partial charge >= 0.3 is 0 Å². The summed E-state index contributed by atoms with van der Waals surface area (Å²) in [6, 6.07) is 29.3. The third kappa shape index (κ3) is 4.75. The first-order valence-electron chi connectivity index (χ1n) is 10.9. The minimum absolute atomic E-state index is 0.261. The Morgan fingerprint density at radius 2 is 1.44 bits per heavy atom. The molecule has 4 aromatic rings. The van der Waals surface area contributed by atoms with Crippen LogP contribution < -0.4 is 0 Å². The zero-order valence-corrected chi connectivity index (χ0v) is 18.5. The van der Waals surface area contributed by atoms with E-state index in [2.05, 4.69) is 80.7 Å². The SMILES string of the molecule is Clc1cccc(-c2nnc(CN3CCN(C(c4ccccc4)c4ccccc4)CC3)o2)c1. The average Bonchev–Trinajstić information content (AvgIpc) is 3.30. The maximum absolute atomic E-state index is 6.08. The molecule has 1 aliphatic heterocycles. The molecule has 0 unspecified atom stereocenters. The minimum Gasteiger partial charge on any atom is -0.419 e. The molecule has 32 heavy (non-hydrogen) atoms. The molecule has 1 fully saturated rings. The Morgan fingerprint density at radius 1 is 0.781 bits per heavy atom. The van der Waals surface area contributed by atoms with E-state index < -0.39 is 0 Å². The van der Waals surface area contributed by atoms with Crippen LogP contribution in [0, 0.1) is 0 Å². The predicted molar refractivity (Wildman–Crippen MR) is 126 cm³/mol. The van der Waals surface area contributed by atoms with Crippen molar-refractivity contribution in [1.82, 2.24) is 20.0 Å². The Labute approximate surface area is 193 Å². The van der Waals surface area contributed by atoms with Gasteiger partial charge in [-0.3, -0.25) is 9.80 Å². The molecule has 2 heterocycles. The summed E-state index contributed by atoms with van der Waals surface area (Å²) in [7, 11) is 0. The first-order chi connectivity index (χ1) is 15.8. The fraction of sp³-hybridized carbons (Fsp3) is 0.231. The van der Waals surface area contributed by atoms with Crippen molar-refractivity contribution >= 4 is 11.6 Å². The number of benzene rings is 3. The molecule has 0 amide bonds. The van der Waals surface area contributed by atoms with Crippen LogP contribution in [0.25, 0.3) is 11.5 Å². The maximum Gasteiger partial charge on any atom is 0.247 e. The van der Waals surface area contributed by atoms with Crippen molar-refractivity contribution < 1.29 is 4.42 Å². The normalized spacial score (nSPS) is 15.3. The number of aromatic nitrogens is 2. The summed E-state index contributed by atoms with van der Waals surface area (Å²) in [5.74, 6) is 1.14. The first kappa shape index (κ1) is 20.9. The van der Waals surface area contributed by atoms with Crippen molar-refractivity contribution in [1.29, 1.82) is 0 Å². The Bertz CT molecular complexity index is 1100. The van der Waals surface area contributed by atoms with Crippen LogP contribution in [-0.4, -0.2) is 46.2 Å². The monoisotopic (exact) mass is 444 g/mol. The van der Waals surface area contributed by atoms with Gasteiger partial charge in [0.2, 0.25) is 11.8 Å². The van der Waals surface area contributed by atoms with Crippen molar-refractivity contribution in [3.63, 3.8) is 0 Å². The van der Waals surface area contributed by atoms with E-state index in [0.29, 0.717) is 23.3 Å². The highest BCUT2D eigenvalue weighted by Crippen LogP contribution is 2.30. The van der Waals surface area contributed by atoms with Crippen LogP contribution in [0.2, 0.25) is 5.02 Å². The molecular formula is C26H25ClN4O. The molecule has 5 nitrogen and oxygen atoms in total. The molecule has 3 aromatic carbocycles. The van der Waals surface area contributed by atoms with Gasteiger partial charge in [-0.15, -0.1) is 10.2 Å². The number of piperazine rings is 1. The standard InChI is InChI=1S/C26H25ClN4O/c27-23-13-7-12-22(18-23)26-29-28-24(32-26)19-30-14-16-31(17-15-30)25(20-8-3-1-4-9-20)21-10-5-2-6-11-21/h1-13,18,25H,14-17,19H2. The Balaban J connectivity index is 1.25. The van der Waals surface area contributed by atoms with Crippen LogP contribution >= 0.6 is 11.6 Å². The lowest BCUT2D eigenvalue weighted by molar-refractivity contribution is 0.0986. The molecule has 6 heteroatoms. The van der Waals surface area contributed by atoms with E-state index in [1.807, 2.05) is 24.3 Å². The predicted octanol–water partition coefficient (Wildman–Crippen LogP) is 5.30. The van der Waals surface area contributed by atoms with Crippen molar-refractivity contribution in [3.8, 4) is 11.5 Å². The second-order valence-electron chi connectivity index (χ2n) is 8.05. The summed E-state index contributed by atoms with van der Waals surface area (Å²) >= 11 is 6.08. The van der Waals surface area contributed by atoms with E-state index in [1.165, 1.54) is 11.1 Å². The quantitative estimate of drug-likeness (QED) is 0.404. The second-order valence-corrected chi connectivity index (χ2v) is 8.48. The molecule has 0 aliphatic carbocycles. The second kappa shape index (κ2) is 9.65. The number of rotatable bonds is 6. The van der Waals surface area contributed by atoms with E-state index >= 15 is 0 Å². The molecule has 1 aromatic heterocycles. The van der Waals surface area contributed by atoms with Crippen LogP contribution in [0.3, 0.4) is 0 Å². The van der Waals surface area contributed by atoms with Gasteiger partial charge in [0.1, 0.15) is 0 Å². The summed E-state index contributed by atoms with van der Waals surface area (Å²) in [5, 5.41) is 9.11. The molecule has 5 rings (SSSR count). The van der Waals surface area contributed by atoms with Crippen LogP contribution in [0.1, 0.15) is 23.1 Å². The largest absolute Gasteiger partial charge is 0.419 e. The van der Waals surface area contributed by atoms with E-state index in [9.17, 15) is 0 Å². The van der Waals surface area contributed by atoms with Crippen molar-refractivity contribution in [2.75, 3.05) is 26.2 Å². The molecule has 0 N–H and O–H groups in total. The summed E-state index contributed by atoms with van der Waals surface area (Å²) in [6.45, 7) is 4.51. The molecule has 1 saturated heterocycles. The van der Waals surface area contributed by atoms with Gasteiger partial charge < -0.3 is 4.42 Å². The van der Waals surface area contributed by atoms with E-state index in [4.69, 9.17) is 16.0 Å². The highest BCUT2D eigenvalue weighted by atomic mass is 35.5. The van der Waals surface area contributed by atoms with Gasteiger partial charge in [-0.05, 0) is 29.3 Å². The van der Waals surface area contributed by atoms with Gasteiger partial charge in [0, 0.05) is 36.8 Å². The topological polar surface area (TPSA) is 45.4 Å². The van der Waals surface area contributed by atoms with Crippen molar-refractivity contribution in [2.24, 2.45) is 0 Å². The van der Waals surface area contributed by atoms with Gasteiger partial charge in [0.05, 0.1) is 12.6 Å². The van der Waals surface area contributed by atoms with Crippen LogP contribution in [0.15, 0.2) is 89.3 Å². The number of hydrogen-bond acceptors (Lipinski definition) is 5. The number of halogens is 1. The number of hydrogen-bond donors (Lipinski definition) is 0. The van der Waals surface area contributed by atoms with Crippen molar-refractivity contribution in [2.45, 2.75) is 12.6 Å². The molecular weight excluding hydrogens is 420 g/mol. The molecule has 162 valence electrons. The Kier molecular flexibility index (Phi) is 6.30. The van der Waals surface area contributed by atoms with Gasteiger partial charge in [-0.2, -0.15) is 0 Å². The smallest absolute Gasteiger partial charge is 0.247 e. The third-order valence-electron chi connectivity index (χ3n) is 5.90. The molecule has 0 radical (unpaired) electrons. The van der Waals surface area contributed by atoms with E-state index in [-0.39, 0.29) is 6.04 Å². The summed E-state index contributed by atoms with van der Waals surface area (Å²) in [4.78, 5) is 4.94. The highest BCUT2D eigenvalue weighted by molar-refractivity contribution is 6.30. The Hall–Kier alpha value is -2.99. The van der Waals surface area contributed by atoms with Crippen LogP contribution in [0.5, 0.6) is 0 Å². The lowest BCUT2D eigenvalue weighted by Crippen LogP contribution is -2.47. The summed E-state index contributed by atoms with van der Waals surface area (Å²) in [6.07, 6.45) is 0. The van der Waals surface area contributed by atoms with E-state index in [0.717, 1.165) is 31.7 Å². The van der Waals surface area contributed by atoms with Gasteiger partial charge in [0.25, 0.3) is 0 Å². The van der Waals surface area contributed by atoms with Gasteiger partial charge in [-0.1, -0.05) is 78.3 Å². The lowest BCUT2D eigenvalue weighted by atomic mass is 9.96. The lowest BCUT2D eigenvalue weighted by Gasteiger charge is -2.39. The average molecular weight is 445 g/mol. The van der Waals surface area contributed by atoms with Crippen LogP contribution in [-0.2, 0) is 6.54 Å². The third-order valence-corrected chi connectivity index (χ3v) is 6.14. The zero-order valence-electron chi connectivity index (χ0n) is 17.8. The number of nitrogens with zero attached hydrogens (tertiary/aromatic N) is 4. The minimum atomic E-state index is 0.261. The Morgan fingerprint density at radius 3 is 2.06 bits per heavy atom.